The van der Waals surface area contributed by atoms with Crippen molar-refractivity contribution >= 4 is 23.8 Å². The Bertz CT molecular complexity index is 691. The molecule has 8 heteroatoms. The molecular weight excluding hydrogens is 496 g/mol. The number of carbonyl (C=O) groups excluding carboxylic acids is 2. The van der Waals surface area contributed by atoms with Gasteiger partial charge in [-0.15, -0.1) is 0 Å². The second-order valence-corrected chi connectivity index (χ2v) is 11.6. The van der Waals surface area contributed by atoms with E-state index in [1.165, 1.54) is 84.0 Å². The molecule has 0 spiro atoms. The molecular formula is C31H56N2O6. The Balaban J connectivity index is 1.84. The first-order valence-electron chi connectivity index (χ1n) is 15.8. The third kappa shape index (κ3) is 19.6. The van der Waals surface area contributed by atoms with Crippen molar-refractivity contribution in [3.05, 3.63) is 0 Å². The van der Waals surface area contributed by atoms with Gasteiger partial charge < -0.3 is 20.8 Å². The van der Waals surface area contributed by atoms with E-state index >= 15 is 0 Å². The van der Waals surface area contributed by atoms with Crippen LogP contribution in [0.5, 0.6) is 0 Å². The second-order valence-electron chi connectivity index (χ2n) is 11.6. The third-order valence-corrected chi connectivity index (χ3v) is 8.08. The van der Waals surface area contributed by atoms with Crippen molar-refractivity contribution in [2.75, 3.05) is 6.54 Å². The molecule has 226 valence electrons. The van der Waals surface area contributed by atoms with Crippen molar-refractivity contribution in [1.82, 2.24) is 10.6 Å². The monoisotopic (exact) mass is 552 g/mol. The maximum Gasteiger partial charge on any atom is 0.325 e. The molecule has 0 unspecified atom stereocenters. The van der Waals surface area contributed by atoms with Crippen molar-refractivity contribution in [3.8, 4) is 0 Å². The summed E-state index contributed by atoms with van der Waals surface area (Å²) < 4.78 is 0. The van der Waals surface area contributed by atoms with E-state index in [-0.39, 0.29) is 17.7 Å². The van der Waals surface area contributed by atoms with Crippen LogP contribution in [0.15, 0.2) is 0 Å². The number of rotatable bonds is 24. The molecule has 1 atom stereocenters. The zero-order chi connectivity index (χ0) is 28.7. The van der Waals surface area contributed by atoms with Crippen molar-refractivity contribution in [3.63, 3.8) is 0 Å². The van der Waals surface area contributed by atoms with Crippen LogP contribution in [0.2, 0.25) is 0 Å². The minimum absolute atomic E-state index is 0.121. The standard InChI is InChI=1S/C31H56N2O6/c1-25(31(38)39)33-30(37)27-22-20-26(21-23-27)24-32-28(34)18-16-14-12-10-8-6-4-2-3-5-7-9-11-13-15-17-19-29(35)36/h25-27H,2-24H2,1H3,(H,32,34)(H,33,37)(H,35,36)(H,38,39)/t25-,26?,27?/m1/s1. The number of aliphatic carboxylic acids is 2. The topological polar surface area (TPSA) is 133 Å². The molecule has 0 aromatic rings. The Labute approximate surface area is 236 Å². The van der Waals surface area contributed by atoms with Gasteiger partial charge in [-0.25, -0.2) is 0 Å². The van der Waals surface area contributed by atoms with Crippen LogP contribution in [0.1, 0.15) is 148 Å². The molecule has 1 fully saturated rings. The number of unbranched alkanes of at least 4 members (excludes halogenated alkanes) is 15. The van der Waals surface area contributed by atoms with Gasteiger partial charge in [-0.2, -0.15) is 0 Å². The Hall–Kier alpha value is -2.12. The minimum Gasteiger partial charge on any atom is -0.481 e. The molecule has 0 heterocycles. The largest absolute Gasteiger partial charge is 0.481 e. The van der Waals surface area contributed by atoms with E-state index < -0.39 is 18.0 Å². The normalized spacial score (nSPS) is 17.9. The van der Waals surface area contributed by atoms with Crippen LogP contribution in [-0.2, 0) is 19.2 Å². The summed E-state index contributed by atoms with van der Waals surface area (Å²) in [4.78, 5) is 45.7. The average Bonchev–Trinajstić information content (AvgIpc) is 2.91. The van der Waals surface area contributed by atoms with Gasteiger partial charge in [-0.05, 0) is 51.4 Å². The van der Waals surface area contributed by atoms with Crippen LogP contribution >= 0.6 is 0 Å². The molecule has 1 rings (SSSR count). The molecule has 0 aromatic carbocycles. The number of carboxylic acids is 2. The Morgan fingerprint density at radius 3 is 1.46 bits per heavy atom. The smallest absolute Gasteiger partial charge is 0.325 e. The lowest BCUT2D eigenvalue weighted by atomic mass is 9.81. The summed E-state index contributed by atoms with van der Waals surface area (Å²) in [5.41, 5.74) is 0. The lowest BCUT2D eigenvalue weighted by Crippen LogP contribution is -2.43. The number of nitrogens with one attached hydrogen (secondary N) is 2. The lowest BCUT2D eigenvalue weighted by Gasteiger charge is -2.28. The van der Waals surface area contributed by atoms with Crippen molar-refractivity contribution in [1.29, 1.82) is 0 Å². The average molecular weight is 553 g/mol. The highest BCUT2D eigenvalue weighted by atomic mass is 16.4. The molecule has 0 aliphatic heterocycles. The van der Waals surface area contributed by atoms with E-state index in [0.29, 0.717) is 25.3 Å². The van der Waals surface area contributed by atoms with Gasteiger partial charge in [0.15, 0.2) is 0 Å². The van der Waals surface area contributed by atoms with Crippen molar-refractivity contribution < 1.29 is 29.4 Å². The lowest BCUT2D eigenvalue weighted by molar-refractivity contribution is -0.142. The van der Waals surface area contributed by atoms with E-state index in [2.05, 4.69) is 10.6 Å². The molecule has 0 radical (unpaired) electrons. The summed E-state index contributed by atoms with van der Waals surface area (Å²) in [6, 6.07) is -0.859. The number of carbonyl (C=O) groups is 4. The maximum atomic E-state index is 12.2. The molecule has 0 bridgehead atoms. The highest BCUT2D eigenvalue weighted by molar-refractivity contribution is 5.84. The van der Waals surface area contributed by atoms with Crippen molar-refractivity contribution in [2.24, 2.45) is 11.8 Å². The Morgan fingerprint density at radius 1 is 0.641 bits per heavy atom. The van der Waals surface area contributed by atoms with Crippen molar-refractivity contribution in [2.45, 2.75) is 154 Å². The Morgan fingerprint density at radius 2 is 1.05 bits per heavy atom. The van der Waals surface area contributed by atoms with Gasteiger partial charge in [-0.3, -0.25) is 19.2 Å². The summed E-state index contributed by atoms with van der Waals surface area (Å²) in [6.07, 6.45) is 23.4. The Kier molecular flexibility index (Phi) is 20.3. The van der Waals surface area contributed by atoms with Gasteiger partial charge in [0.05, 0.1) is 0 Å². The van der Waals surface area contributed by atoms with Gasteiger partial charge in [0, 0.05) is 25.3 Å². The van der Waals surface area contributed by atoms with Crippen LogP contribution < -0.4 is 10.6 Å². The van der Waals surface area contributed by atoms with Crippen LogP contribution in [0.25, 0.3) is 0 Å². The summed E-state index contributed by atoms with van der Waals surface area (Å²) in [5.74, 6) is -1.46. The molecule has 1 saturated carbocycles. The fourth-order valence-corrected chi connectivity index (χ4v) is 5.40. The first kappa shape index (κ1) is 34.9. The fourth-order valence-electron chi connectivity index (χ4n) is 5.40. The van der Waals surface area contributed by atoms with Crippen LogP contribution in [0.4, 0.5) is 0 Å². The fraction of sp³-hybridized carbons (Fsp3) is 0.871. The third-order valence-electron chi connectivity index (χ3n) is 8.08. The van der Waals surface area contributed by atoms with E-state index in [1.54, 1.807) is 0 Å². The van der Waals surface area contributed by atoms with Gasteiger partial charge >= 0.3 is 11.9 Å². The molecule has 39 heavy (non-hydrogen) atoms. The zero-order valence-corrected chi connectivity index (χ0v) is 24.5. The number of amides is 2. The first-order chi connectivity index (χ1) is 18.8. The van der Waals surface area contributed by atoms with Gasteiger partial charge in [0.25, 0.3) is 0 Å². The van der Waals surface area contributed by atoms with E-state index in [0.717, 1.165) is 51.4 Å². The van der Waals surface area contributed by atoms with Gasteiger partial charge in [0.1, 0.15) is 6.04 Å². The molecule has 1 aliphatic carbocycles. The quantitative estimate of drug-likeness (QED) is 0.0997. The molecule has 0 aromatic heterocycles. The summed E-state index contributed by atoms with van der Waals surface area (Å²) in [6.45, 7) is 2.15. The van der Waals surface area contributed by atoms with Gasteiger partial charge in [-0.1, -0.05) is 89.9 Å². The number of carboxylic acid groups (broad SMARTS) is 2. The first-order valence-corrected chi connectivity index (χ1v) is 15.8. The highest BCUT2D eigenvalue weighted by Crippen LogP contribution is 2.28. The summed E-state index contributed by atoms with van der Waals surface area (Å²) in [5, 5.41) is 23.2. The molecule has 2 amide bonds. The number of hydrogen-bond donors (Lipinski definition) is 4. The van der Waals surface area contributed by atoms with Crippen LogP contribution in [-0.4, -0.2) is 46.6 Å². The zero-order valence-electron chi connectivity index (χ0n) is 24.5. The van der Waals surface area contributed by atoms with Crippen LogP contribution in [0, 0.1) is 11.8 Å². The molecule has 4 N–H and O–H groups in total. The SMILES string of the molecule is C[C@@H](NC(=O)C1CCC(CNC(=O)CCCCCCCCCCCCCCCCCCC(=O)O)CC1)C(=O)O. The van der Waals surface area contributed by atoms with E-state index in [1.807, 2.05) is 0 Å². The highest BCUT2D eigenvalue weighted by Gasteiger charge is 2.28. The van der Waals surface area contributed by atoms with E-state index in [4.69, 9.17) is 10.2 Å². The maximum absolute atomic E-state index is 12.2. The van der Waals surface area contributed by atoms with Crippen LogP contribution in [0.3, 0.4) is 0 Å². The predicted octanol–water partition coefficient (Wildman–Crippen LogP) is 6.60. The molecule has 8 nitrogen and oxygen atoms in total. The minimum atomic E-state index is -1.02. The predicted molar refractivity (Wildman–Crippen MR) is 154 cm³/mol. The van der Waals surface area contributed by atoms with E-state index in [9.17, 15) is 19.2 Å². The van der Waals surface area contributed by atoms with Gasteiger partial charge in [0.2, 0.25) is 11.8 Å². The second kappa shape index (κ2) is 22.7. The number of hydrogen-bond acceptors (Lipinski definition) is 4. The summed E-state index contributed by atoms with van der Waals surface area (Å²) in [7, 11) is 0. The summed E-state index contributed by atoms with van der Waals surface area (Å²) >= 11 is 0. The molecule has 0 saturated heterocycles. The molecule has 1 aliphatic rings.